The van der Waals surface area contributed by atoms with Gasteiger partial charge in [-0.3, -0.25) is 10.3 Å². The van der Waals surface area contributed by atoms with Crippen LogP contribution in [-0.4, -0.2) is 18.8 Å². The number of hydroxylamine groups is 1. The molecule has 0 aromatic heterocycles. The third kappa shape index (κ3) is 6.48. The molecule has 0 bridgehead atoms. The van der Waals surface area contributed by atoms with E-state index >= 15 is 0 Å². The fraction of sp³-hybridized carbons (Fsp3) is 0.500. The van der Waals surface area contributed by atoms with Crippen molar-refractivity contribution < 1.29 is 14.3 Å². The van der Waals surface area contributed by atoms with Crippen LogP contribution in [0.25, 0.3) is 0 Å². The summed E-state index contributed by atoms with van der Waals surface area (Å²) in [5.41, 5.74) is 3.47. The molecule has 0 spiro atoms. The molecule has 2 unspecified atom stereocenters. The van der Waals surface area contributed by atoms with Gasteiger partial charge in [-0.05, 0) is 51.5 Å². The third-order valence-electron chi connectivity index (χ3n) is 2.64. The van der Waals surface area contributed by atoms with Crippen LogP contribution >= 0.6 is 0 Å². The van der Waals surface area contributed by atoms with E-state index in [1.54, 1.807) is 0 Å². The Balaban J connectivity index is 2.38. The minimum Gasteiger partial charge on any atom is -0.491 e. The monoisotopic (exact) mass is 279 g/mol. The molecule has 0 radical (unpaired) electrons. The number of hydrogen-bond acceptors (Lipinski definition) is 4. The van der Waals surface area contributed by atoms with Gasteiger partial charge in [0.1, 0.15) is 24.2 Å². The molecule has 0 aliphatic rings. The lowest BCUT2D eigenvalue weighted by Gasteiger charge is -2.16. The predicted molar refractivity (Wildman–Crippen MR) is 80.8 cm³/mol. The summed E-state index contributed by atoms with van der Waals surface area (Å²) < 4.78 is 11.4. The second-order valence-electron chi connectivity index (χ2n) is 4.93. The zero-order chi connectivity index (χ0) is 15.0. The van der Waals surface area contributed by atoms with E-state index in [1.807, 2.05) is 38.1 Å². The number of benzene rings is 1. The average molecular weight is 279 g/mol. The number of nitrogens with one attached hydrogen (secondary N) is 1. The molecule has 0 fully saturated rings. The van der Waals surface area contributed by atoms with Gasteiger partial charge in [-0.2, -0.15) is 0 Å². The molecule has 0 aliphatic heterocycles. The second kappa shape index (κ2) is 8.48. The van der Waals surface area contributed by atoms with E-state index in [9.17, 15) is 0 Å². The topological polar surface area (TPSA) is 39.7 Å². The Labute approximate surface area is 121 Å². The molecule has 0 saturated heterocycles. The summed E-state index contributed by atoms with van der Waals surface area (Å²) in [4.78, 5) is 5.22. The van der Waals surface area contributed by atoms with Crippen molar-refractivity contribution in [2.45, 2.75) is 46.3 Å². The first-order chi connectivity index (χ1) is 9.51. The summed E-state index contributed by atoms with van der Waals surface area (Å²) in [6, 6.07) is 7.64. The lowest BCUT2D eigenvalue weighted by molar-refractivity contribution is 0.0107. The van der Waals surface area contributed by atoms with Gasteiger partial charge in [-0.15, -0.1) is 0 Å². The molecule has 1 aromatic carbocycles. The third-order valence-corrected chi connectivity index (χ3v) is 2.64. The van der Waals surface area contributed by atoms with E-state index in [0.717, 1.165) is 23.6 Å². The van der Waals surface area contributed by atoms with Crippen LogP contribution in [-0.2, 0) is 4.84 Å². The van der Waals surface area contributed by atoms with Crippen LogP contribution in [0.1, 0.15) is 34.1 Å². The standard InChI is InChI=1S/C16H25NO3/c1-6-13(4)19-15-7-9-16(10-8-15)20-14(5)11-18-17-12(2)3/h7-10,13-14,17H,2,6,11H2,1,3-5H3. The maximum absolute atomic E-state index is 5.73. The zero-order valence-electron chi connectivity index (χ0n) is 12.8. The van der Waals surface area contributed by atoms with Gasteiger partial charge in [-0.25, -0.2) is 0 Å². The molecule has 2 atom stereocenters. The Morgan fingerprint density at radius 2 is 1.60 bits per heavy atom. The summed E-state index contributed by atoms with van der Waals surface area (Å²) >= 11 is 0. The second-order valence-corrected chi connectivity index (χ2v) is 4.93. The molecule has 0 aliphatic carbocycles. The van der Waals surface area contributed by atoms with Gasteiger partial charge < -0.3 is 9.47 Å². The molecule has 1 N–H and O–H groups in total. The molecule has 1 aromatic rings. The summed E-state index contributed by atoms with van der Waals surface area (Å²) in [6.07, 6.45) is 1.16. The maximum Gasteiger partial charge on any atom is 0.122 e. The Bertz CT molecular complexity index is 403. The van der Waals surface area contributed by atoms with Crippen molar-refractivity contribution in [2.24, 2.45) is 0 Å². The molecule has 0 heterocycles. The Hall–Kier alpha value is -1.68. The molecular weight excluding hydrogens is 254 g/mol. The van der Waals surface area contributed by atoms with Crippen LogP contribution in [0, 0.1) is 0 Å². The van der Waals surface area contributed by atoms with E-state index in [1.165, 1.54) is 0 Å². The molecule has 1 rings (SSSR count). The van der Waals surface area contributed by atoms with Crippen LogP contribution in [0.3, 0.4) is 0 Å². The lowest BCUT2D eigenvalue weighted by Crippen LogP contribution is -2.24. The van der Waals surface area contributed by atoms with Crippen molar-refractivity contribution in [1.29, 1.82) is 0 Å². The van der Waals surface area contributed by atoms with Gasteiger partial charge in [-0.1, -0.05) is 13.5 Å². The summed E-state index contributed by atoms with van der Waals surface area (Å²) in [5, 5.41) is 0. The van der Waals surface area contributed by atoms with Crippen molar-refractivity contribution in [1.82, 2.24) is 5.48 Å². The Kier molecular flexibility index (Phi) is 6.94. The average Bonchev–Trinajstić information content (AvgIpc) is 2.40. The first kappa shape index (κ1) is 16.4. The van der Waals surface area contributed by atoms with Gasteiger partial charge in [0.15, 0.2) is 0 Å². The Morgan fingerprint density at radius 1 is 1.10 bits per heavy atom. The highest BCUT2D eigenvalue weighted by molar-refractivity contribution is 5.31. The first-order valence-electron chi connectivity index (χ1n) is 6.98. The van der Waals surface area contributed by atoms with Crippen LogP contribution in [0.4, 0.5) is 0 Å². The highest BCUT2D eigenvalue weighted by Gasteiger charge is 2.06. The van der Waals surface area contributed by atoms with E-state index in [2.05, 4.69) is 25.9 Å². The fourth-order valence-corrected chi connectivity index (χ4v) is 1.46. The van der Waals surface area contributed by atoms with E-state index in [4.69, 9.17) is 14.3 Å². The zero-order valence-corrected chi connectivity index (χ0v) is 12.8. The van der Waals surface area contributed by atoms with Crippen molar-refractivity contribution in [3.63, 3.8) is 0 Å². The maximum atomic E-state index is 5.73. The predicted octanol–water partition coefficient (Wildman–Crippen LogP) is 3.69. The van der Waals surface area contributed by atoms with Crippen LogP contribution in [0.2, 0.25) is 0 Å². The highest BCUT2D eigenvalue weighted by Crippen LogP contribution is 2.20. The molecule has 0 amide bonds. The number of hydrogen-bond donors (Lipinski definition) is 1. The molecule has 20 heavy (non-hydrogen) atoms. The number of ether oxygens (including phenoxy) is 2. The lowest BCUT2D eigenvalue weighted by atomic mass is 10.3. The van der Waals surface area contributed by atoms with E-state index < -0.39 is 0 Å². The Morgan fingerprint density at radius 3 is 2.05 bits per heavy atom. The number of allylic oxidation sites excluding steroid dienone is 1. The highest BCUT2D eigenvalue weighted by atomic mass is 16.7. The largest absolute Gasteiger partial charge is 0.491 e. The van der Waals surface area contributed by atoms with Gasteiger partial charge in [0.2, 0.25) is 0 Å². The van der Waals surface area contributed by atoms with Crippen LogP contribution in [0.15, 0.2) is 36.5 Å². The minimum absolute atomic E-state index is 0.0526. The van der Waals surface area contributed by atoms with Gasteiger partial charge >= 0.3 is 0 Å². The molecule has 0 saturated carbocycles. The smallest absolute Gasteiger partial charge is 0.122 e. The SMILES string of the molecule is C=C(C)NOCC(C)Oc1ccc(OC(C)CC)cc1. The fourth-order valence-electron chi connectivity index (χ4n) is 1.46. The molecule has 112 valence electrons. The van der Waals surface area contributed by atoms with Gasteiger partial charge in [0, 0.05) is 5.70 Å². The van der Waals surface area contributed by atoms with E-state index in [0.29, 0.717) is 6.61 Å². The number of rotatable bonds is 9. The summed E-state index contributed by atoms with van der Waals surface area (Å²) in [7, 11) is 0. The van der Waals surface area contributed by atoms with Gasteiger partial charge in [0.25, 0.3) is 0 Å². The summed E-state index contributed by atoms with van der Waals surface area (Å²) in [6.45, 7) is 12.1. The molecular formula is C16H25NO3. The van der Waals surface area contributed by atoms with E-state index in [-0.39, 0.29) is 12.2 Å². The minimum atomic E-state index is -0.0526. The van der Waals surface area contributed by atoms with Crippen molar-refractivity contribution >= 4 is 0 Å². The quantitative estimate of drug-likeness (QED) is 0.700. The van der Waals surface area contributed by atoms with Crippen LogP contribution < -0.4 is 15.0 Å². The van der Waals surface area contributed by atoms with Crippen molar-refractivity contribution in [3.05, 3.63) is 36.5 Å². The first-order valence-corrected chi connectivity index (χ1v) is 6.98. The van der Waals surface area contributed by atoms with Gasteiger partial charge in [0.05, 0.1) is 6.10 Å². The normalized spacial score (nSPS) is 13.4. The van der Waals surface area contributed by atoms with Crippen molar-refractivity contribution in [2.75, 3.05) is 6.61 Å². The molecule has 4 heteroatoms. The summed E-state index contributed by atoms with van der Waals surface area (Å²) in [5.74, 6) is 1.66. The van der Waals surface area contributed by atoms with Crippen molar-refractivity contribution in [3.8, 4) is 11.5 Å². The molecule has 4 nitrogen and oxygen atoms in total. The van der Waals surface area contributed by atoms with Crippen LogP contribution in [0.5, 0.6) is 11.5 Å².